The van der Waals surface area contributed by atoms with Crippen LogP contribution in [0.3, 0.4) is 0 Å². The van der Waals surface area contributed by atoms with Gasteiger partial charge in [-0.1, -0.05) is 39.0 Å². The van der Waals surface area contributed by atoms with Crippen molar-refractivity contribution in [2.75, 3.05) is 37.9 Å². The Balaban J connectivity index is 1.75. The Kier molecular flexibility index (Phi) is 8.91. The molecule has 2 atom stereocenters. The van der Waals surface area contributed by atoms with Gasteiger partial charge in [0.1, 0.15) is 18.0 Å². The Morgan fingerprint density at radius 3 is 2.41 bits per heavy atom. The molecule has 2 heterocycles. The van der Waals surface area contributed by atoms with E-state index < -0.39 is 24.1 Å². The van der Waals surface area contributed by atoms with E-state index in [0.717, 1.165) is 21.7 Å². The van der Waals surface area contributed by atoms with Gasteiger partial charge < -0.3 is 24.4 Å². The number of aliphatic carboxylic acids is 1. The van der Waals surface area contributed by atoms with Crippen LogP contribution in [0, 0.1) is 11.3 Å². The maximum absolute atomic E-state index is 14.1. The molecule has 0 spiro atoms. The third-order valence-corrected chi connectivity index (χ3v) is 7.99. The van der Waals surface area contributed by atoms with Gasteiger partial charge in [-0.25, -0.2) is 0 Å². The van der Waals surface area contributed by atoms with Gasteiger partial charge in [0.05, 0.1) is 19.4 Å². The lowest BCUT2D eigenvalue weighted by Crippen LogP contribution is -2.47. The zero-order valence-electron chi connectivity index (χ0n) is 23.3. The normalized spacial score (nSPS) is 20.4. The highest BCUT2D eigenvalue weighted by Crippen LogP contribution is 2.43. The van der Waals surface area contributed by atoms with Crippen molar-refractivity contribution < 1.29 is 29.0 Å². The fourth-order valence-corrected chi connectivity index (χ4v) is 5.71. The van der Waals surface area contributed by atoms with Gasteiger partial charge >= 0.3 is 5.97 Å². The molecule has 1 fully saturated rings. The number of carbonyl (C=O) groups excluding carboxylic acids is 2. The smallest absolute Gasteiger partial charge is 0.306 e. The number of methoxy groups -OCH3 is 1. The molecular formula is C30H38N2O6S. The van der Waals surface area contributed by atoms with E-state index in [9.17, 15) is 19.5 Å². The lowest BCUT2D eigenvalue weighted by molar-refractivity contribution is -0.148. The summed E-state index contributed by atoms with van der Waals surface area (Å²) in [6, 6.07) is 13.6. The number of para-hydroxylation sites is 1. The second-order valence-corrected chi connectivity index (χ2v) is 12.2. The number of hydrogen-bond acceptors (Lipinski definition) is 6. The summed E-state index contributed by atoms with van der Waals surface area (Å²) in [5.74, 6) is -1.09. The molecule has 2 aromatic rings. The van der Waals surface area contributed by atoms with Gasteiger partial charge in [0.15, 0.2) is 0 Å². The number of anilines is 1. The van der Waals surface area contributed by atoms with E-state index in [1.54, 1.807) is 28.7 Å². The molecule has 2 aromatic carbocycles. The molecule has 2 aliphatic rings. The summed E-state index contributed by atoms with van der Waals surface area (Å²) in [6.07, 6.45) is 1.05. The van der Waals surface area contributed by atoms with E-state index in [2.05, 4.69) is 26.8 Å². The SMILES string of the molecule is COc1ccccc1[C@@H]1O[C@@H](CC(=O)N2CCC(C(=O)O)CC2)C(=O)N(CC(C)(C)C)c2ccc(SC)cc21. The van der Waals surface area contributed by atoms with Gasteiger partial charge in [0.2, 0.25) is 5.91 Å². The summed E-state index contributed by atoms with van der Waals surface area (Å²) in [6.45, 7) is 7.39. The van der Waals surface area contributed by atoms with E-state index in [1.165, 1.54) is 0 Å². The highest BCUT2D eigenvalue weighted by molar-refractivity contribution is 7.98. The van der Waals surface area contributed by atoms with E-state index in [1.807, 2.05) is 42.7 Å². The maximum atomic E-state index is 14.1. The Hall–Kier alpha value is -3.04. The summed E-state index contributed by atoms with van der Waals surface area (Å²) >= 11 is 1.61. The number of piperidine rings is 1. The predicted molar refractivity (Wildman–Crippen MR) is 151 cm³/mol. The molecule has 9 heteroatoms. The Labute approximate surface area is 234 Å². The number of fused-ring (bicyclic) bond motifs is 1. The third kappa shape index (κ3) is 6.58. The lowest BCUT2D eigenvalue weighted by Gasteiger charge is -2.33. The fraction of sp³-hybridized carbons (Fsp3) is 0.500. The number of nitrogens with zero attached hydrogens (tertiary/aromatic N) is 2. The van der Waals surface area contributed by atoms with Crippen LogP contribution in [0.25, 0.3) is 0 Å². The second kappa shape index (κ2) is 12.0. The van der Waals surface area contributed by atoms with Crippen molar-refractivity contribution in [2.45, 2.75) is 57.1 Å². The molecule has 0 bridgehead atoms. The topological polar surface area (TPSA) is 96.4 Å². The monoisotopic (exact) mass is 554 g/mol. The molecule has 210 valence electrons. The minimum Gasteiger partial charge on any atom is -0.496 e. The van der Waals surface area contributed by atoms with E-state index in [0.29, 0.717) is 38.2 Å². The largest absolute Gasteiger partial charge is 0.496 e. The van der Waals surface area contributed by atoms with Gasteiger partial charge in [0, 0.05) is 41.3 Å². The molecule has 1 saturated heterocycles. The molecule has 2 aliphatic heterocycles. The molecule has 2 amide bonds. The van der Waals surface area contributed by atoms with Crippen LogP contribution in [-0.2, 0) is 19.1 Å². The Bertz CT molecular complexity index is 1220. The van der Waals surface area contributed by atoms with Crippen LogP contribution < -0.4 is 9.64 Å². The average molecular weight is 555 g/mol. The Morgan fingerprint density at radius 2 is 1.79 bits per heavy atom. The first kappa shape index (κ1) is 29.0. The van der Waals surface area contributed by atoms with Gasteiger partial charge in [-0.2, -0.15) is 0 Å². The van der Waals surface area contributed by atoms with Crippen molar-refractivity contribution in [2.24, 2.45) is 11.3 Å². The van der Waals surface area contributed by atoms with Crippen LogP contribution in [0.2, 0.25) is 0 Å². The molecule has 39 heavy (non-hydrogen) atoms. The van der Waals surface area contributed by atoms with Crippen molar-refractivity contribution in [1.82, 2.24) is 4.90 Å². The number of carboxylic acids is 1. The Morgan fingerprint density at radius 1 is 1.10 bits per heavy atom. The number of benzene rings is 2. The molecule has 0 radical (unpaired) electrons. The van der Waals surface area contributed by atoms with Gasteiger partial charge in [0.25, 0.3) is 5.91 Å². The quantitative estimate of drug-likeness (QED) is 0.481. The molecule has 0 saturated carbocycles. The van der Waals surface area contributed by atoms with Crippen molar-refractivity contribution in [3.05, 3.63) is 53.6 Å². The average Bonchev–Trinajstić information content (AvgIpc) is 3.02. The van der Waals surface area contributed by atoms with Crippen molar-refractivity contribution in [3.63, 3.8) is 0 Å². The molecule has 0 unspecified atom stereocenters. The fourth-order valence-electron chi connectivity index (χ4n) is 5.26. The molecule has 8 nitrogen and oxygen atoms in total. The number of rotatable bonds is 7. The van der Waals surface area contributed by atoms with Crippen molar-refractivity contribution in [3.8, 4) is 5.75 Å². The number of carboxylic acid groups (broad SMARTS) is 1. The summed E-state index contributed by atoms with van der Waals surface area (Å²) in [5, 5.41) is 9.33. The van der Waals surface area contributed by atoms with Crippen LogP contribution >= 0.6 is 11.8 Å². The zero-order valence-corrected chi connectivity index (χ0v) is 24.1. The highest BCUT2D eigenvalue weighted by atomic mass is 32.2. The standard InChI is InChI=1S/C30H38N2O6S/c1-30(2,3)18-32-23-11-10-20(39-5)16-22(23)27(21-8-6-7-9-24(21)37-4)38-25(28(32)34)17-26(33)31-14-12-19(13-15-31)29(35)36/h6-11,16,19,25,27H,12-15,17-18H2,1-5H3,(H,35,36)/t25-,27-/m0/s1. The summed E-state index contributed by atoms with van der Waals surface area (Å²) < 4.78 is 12.3. The summed E-state index contributed by atoms with van der Waals surface area (Å²) in [7, 11) is 1.60. The number of hydrogen-bond donors (Lipinski definition) is 1. The second-order valence-electron chi connectivity index (χ2n) is 11.4. The summed E-state index contributed by atoms with van der Waals surface area (Å²) in [5.41, 5.74) is 2.19. The lowest BCUT2D eigenvalue weighted by atomic mass is 9.94. The van der Waals surface area contributed by atoms with Crippen LogP contribution in [0.4, 0.5) is 5.69 Å². The number of likely N-dealkylation sites (tertiary alicyclic amines) is 1. The molecule has 1 N–H and O–H groups in total. The van der Waals surface area contributed by atoms with E-state index in [-0.39, 0.29) is 23.7 Å². The van der Waals surface area contributed by atoms with Gasteiger partial charge in [-0.3, -0.25) is 14.4 Å². The van der Waals surface area contributed by atoms with Crippen molar-refractivity contribution in [1.29, 1.82) is 0 Å². The van der Waals surface area contributed by atoms with Gasteiger partial charge in [-0.15, -0.1) is 11.8 Å². The molecular weight excluding hydrogens is 516 g/mol. The highest BCUT2D eigenvalue weighted by Gasteiger charge is 2.40. The van der Waals surface area contributed by atoms with Gasteiger partial charge in [-0.05, 0) is 48.8 Å². The van der Waals surface area contributed by atoms with E-state index >= 15 is 0 Å². The van der Waals surface area contributed by atoms with Crippen LogP contribution in [0.1, 0.15) is 57.3 Å². The number of ether oxygens (including phenoxy) is 2. The van der Waals surface area contributed by atoms with E-state index in [4.69, 9.17) is 9.47 Å². The number of carbonyl (C=O) groups is 3. The molecule has 4 rings (SSSR count). The predicted octanol–water partition coefficient (Wildman–Crippen LogP) is 5.00. The summed E-state index contributed by atoms with van der Waals surface area (Å²) in [4.78, 5) is 43.4. The zero-order chi connectivity index (χ0) is 28.3. The minimum absolute atomic E-state index is 0.119. The van der Waals surface area contributed by atoms with Crippen LogP contribution in [-0.4, -0.2) is 66.9 Å². The number of thioether (sulfide) groups is 1. The molecule has 0 aliphatic carbocycles. The minimum atomic E-state index is -1.02. The first-order valence-corrected chi connectivity index (χ1v) is 14.5. The first-order chi connectivity index (χ1) is 18.5. The van der Waals surface area contributed by atoms with Crippen molar-refractivity contribution >= 4 is 35.2 Å². The molecule has 0 aromatic heterocycles. The third-order valence-electron chi connectivity index (χ3n) is 7.26. The number of amides is 2. The van der Waals surface area contributed by atoms with Crippen LogP contribution in [0.5, 0.6) is 5.75 Å². The first-order valence-electron chi connectivity index (χ1n) is 13.3. The maximum Gasteiger partial charge on any atom is 0.306 e. The van der Waals surface area contributed by atoms with Crippen LogP contribution in [0.15, 0.2) is 47.4 Å².